The summed E-state index contributed by atoms with van der Waals surface area (Å²) in [5.41, 5.74) is 0. The SMILES string of the molecule is CC(=O)N[C@@H](C(=O)N[C@@H](C(=O)O)[C@@H]1CCCC(=O)C1)C(C)C. The van der Waals surface area contributed by atoms with Crippen LogP contribution in [0.4, 0.5) is 0 Å². The third-order valence-electron chi connectivity index (χ3n) is 3.86. The number of nitrogens with one attached hydrogen (secondary N) is 2. The van der Waals surface area contributed by atoms with Gasteiger partial charge in [-0.3, -0.25) is 14.4 Å². The number of carbonyl (C=O) groups excluding carboxylic acids is 3. The summed E-state index contributed by atoms with van der Waals surface area (Å²) in [4.78, 5) is 46.4. The van der Waals surface area contributed by atoms with E-state index in [1.807, 2.05) is 0 Å². The highest BCUT2D eigenvalue weighted by atomic mass is 16.4. The van der Waals surface area contributed by atoms with E-state index in [-0.39, 0.29) is 24.0 Å². The lowest BCUT2D eigenvalue weighted by molar-refractivity contribution is -0.145. The van der Waals surface area contributed by atoms with Crippen molar-refractivity contribution in [2.24, 2.45) is 11.8 Å². The van der Waals surface area contributed by atoms with Gasteiger partial charge >= 0.3 is 5.97 Å². The molecule has 2 amide bonds. The van der Waals surface area contributed by atoms with Crippen LogP contribution in [0.25, 0.3) is 0 Å². The van der Waals surface area contributed by atoms with Gasteiger partial charge < -0.3 is 15.7 Å². The Morgan fingerprint density at radius 3 is 2.32 bits per heavy atom. The monoisotopic (exact) mass is 312 g/mol. The molecule has 3 N–H and O–H groups in total. The van der Waals surface area contributed by atoms with Crippen LogP contribution >= 0.6 is 0 Å². The van der Waals surface area contributed by atoms with Gasteiger partial charge in [0.05, 0.1) is 0 Å². The Bertz CT molecular complexity index is 461. The van der Waals surface area contributed by atoms with Crippen LogP contribution in [0.15, 0.2) is 0 Å². The molecule has 124 valence electrons. The number of amides is 2. The molecular weight excluding hydrogens is 288 g/mol. The van der Waals surface area contributed by atoms with Crippen LogP contribution in [-0.2, 0) is 19.2 Å². The molecule has 1 aliphatic carbocycles. The standard InChI is InChI=1S/C15H24N2O5/c1-8(2)12(16-9(3)18)14(20)17-13(15(21)22)10-5-4-6-11(19)7-10/h8,10,12-13H,4-7H2,1-3H3,(H,16,18)(H,17,20)(H,21,22)/t10-,12-,13-/m1/s1. The van der Waals surface area contributed by atoms with E-state index in [4.69, 9.17) is 0 Å². The van der Waals surface area contributed by atoms with Crippen molar-refractivity contribution in [2.45, 2.75) is 58.5 Å². The predicted octanol–water partition coefficient (Wildman–Crippen LogP) is 0.476. The number of ketones is 1. The van der Waals surface area contributed by atoms with Crippen molar-refractivity contribution in [1.82, 2.24) is 10.6 Å². The zero-order chi connectivity index (χ0) is 16.9. The molecule has 0 bridgehead atoms. The average Bonchev–Trinajstić information content (AvgIpc) is 2.41. The van der Waals surface area contributed by atoms with Gasteiger partial charge in [0, 0.05) is 19.8 Å². The van der Waals surface area contributed by atoms with Crippen molar-refractivity contribution in [1.29, 1.82) is 0 Å². The second kappa shape index (κ2) is 7.91. The molecule has 0 aromatic carbocycles. The number of carbonyl (C=O) groups is 4. The van der Waals surface area contributed by atoms with Crippen molar-refractivity contribution in [3.8, 4) is 0 Å². The maximum absolute atomic E-state index is 12.3. The Hall–Kier alpha value is -1.92. The Balaban J connectivity index is 2.80. The summed E-state index contributed by atoms with van der Waals surface area (Å²) in [5.74, 6) is -2.58. The lowest BCUT2D eigenvalue weighted by Gasteiger charge is -2.29. The van der Waals surface area contributed by atoms with E-state index in [1.54, 1.807) is 13.8 Å². The Morgan fingerprint density at radius 2 is 1.86 bits per heavy atom. The first kappa shape index (κ1) is 18.1. The molecule has 3 atom stereocenters. The van der Waals surface area contributed by atoms with Crippen LogP contribution in [0.5, 0.6) is 0 Å². The molecule has 1 rings (SSSR count). The molecule has 1 aliphatic rings. The summed E-state index contributed by atoms with van der Waals surface area (Å²) >= 11 is 0. The highest BCUT2D eigenvalue weighted by molar-refractivity contribution is 5.90. The number of hydrogen-bond acceptors (Lipinski definition) is 4. The smallest absolute Gasteiger partial charge is 0.326 e. The molecule has 0 radical (unpaired) electrons. The fourth-order valence-electron chi connectivity index (χ4n) is 2.72. The van der Waals surface area contributed by atoms with Gasteiger partial charge in [-0.2, -0.15) is 0 Å². The molecule has 22 heavy (non-hydrogen) atoms. The van der Waals surface area contributed by atoms with E-state index < -0.39 is 29.9 Å². The van der Waals surface area contributed by atoms with E-state index in [0.29, 0.717) is 19.3 Å². The average molecular weight is 312 g/mol. The van der Waals surface area contributed by atoms with Crippen LogP contribution in [0, 0.1) is 11.8 Å². The van der Waals surface area contributed by atoms with Gasteiger partial charge in [0.2, 0.25) is 11.8 Å². The summed E-state index contributed by atoms with van der Waals surface area (Å²) in [5, 5.41) is 14.4. The number of carboxylic acids is 1. The van der Waals surface area contributed by atoms with Crippen molar-refractivity contribution < 1.29 is 24.3 Å². The van der Waals surface area contributed by atoms with E-state index in [0.717, 1.165) is 0 Å². The molecule has 0 aliphatic heterocycles. The first-order chi connectivity index (χ1) is 10.2. The van der Waals surface area contributed by atoms with Gasteiger partial charge in [0.1, 0.15) is 17.9 Å². The Labute approximate surface area is 129 Å². The number of hydrogen-bond donors (Lipinski definition) is 3. The first-order valence-corrected chi connectivity index (χ1v) is 7.54. The third kappa shape index (κ3) is 5.13. The molecule has 0 aromatic rings. The zero-order valence-corrected chi connectivity index (χ0v) is 13.2. The Kier molecular flexibility index (Phi) is 6.52. The number of Topliss-reactive ketones (excluding diaryl/α,β-unsaturated/α-hetero) is 1. The number of carboxylic acid groups (broad SMARTS) is 1. The summed E-state index contributed by atoms with van der Waals surface area (Å²) in [6.07, 6.45) is 1.87. The van der Waals surface area contributed by atoms with Gasteiger partial charge in [-0.1, -0.05) is 13.8 Å². The van der Waals surface area contributed by atoms with E-state index >= 15 is 0 Å². The highest BCUT2D eigenvalue weighted by Gasteiger charge is 2.35. The Morgan fingerprint density at radius 1 is 1.23 bits per heavy atom. The molecule has 7 heteroatoms. The second-order valence-corrected chi connectivity index (χ2v) is 6.14. The minimum atomic E-state index is -1.15. The summed E-state index contributed by atoms with van der Waals surface area (Å²) in [7, 11) is 0. The molecule has 0 spiro atoms. The summed E-state index contributed by atoms with van der Waals surface area (Å²) in [6, 6.07) is -1.90. The summed E-state index contributed by atoms with van der Waals surface area (Å²) in [6.45, 7) is 4.83. The van der Waals surface area contributed by atoms with Gasteiger partial charge in [0.15, 0.2) is 0 Å². The van der Waals surface area contributed by atoms with Gasteiger partial charge in [0.25, 0.3) is 0 Å². The normalized spacial score (nSPS) is 21.1. The minimum absolute atomic E-state index is 0.0269. The maximum Gasteiger partial charge on any atom is 0.326 e. The second-order valence-electron chi connectivity index (χ2n) is 6.14. The molecule has 0 aromatic heterocycles. The zero-order valence-electron chi connectivity index (χ0n) is 13.2. The van der Waals surface area contributed by atoms with Crippen molar-refractivity contribution >= 4 is 23.6 Å². The van der Waals surface area contributed by atoms with E-state index in [9.17, 15) is 24.3 Å². The van der Waals surface area contributed by atoms with Crippen molar-refractivity contribution in [3.63, 3.8) is 0 Å². The van der Waals surface area contributed by atoms with Crippen LogP contribution in [0.1, 0.15) is 46.5 Å². The van der Waals surface area contributed by atoms with E-state index in [1.165, 1.54) is 6.92 Å². The fourth-order valence-corrected chi connectivity index (χ4v) is 2.72. The molecule has 0 unspecified atom stereocenters. The van der Waals surface area contributed by atoms with Crippen LogP contribution in [-0.4, -0.2) is 40.8 Å². The highest BCUT2D eigenvalue weighted by Crippen LogP contribution is 2.24. The van der Waals surface area contributed by atoms with Crippen LogP contribution < -0.4 is 10.6 Å². The molecule has 1 saturated carbocycles. The fraction of sp³-hybridized carbons (Fsp3) is 0.733. The van der Waals surface area contributed by atoms with Gasteiger partial charge in [-0.05, 0) is 24.7 Å². The first-order valence-electron chi connectivity index (χ1n) is 7.54. The molecule has 7 nitrogen and oxygen atoms in total. The molecule has 0 heterocycles. The third-order valence-corrected chi connectivity index (χ3v) is 3.86. The number of rotatable bonds is 6. The lowest BCUT2D eigenvalue weighted by Crippen LogP contribution is -2.55. The quantitative estimate of drug-likeness (QED) is 0.660. The topological polar surface area (TPSA) is 113 Å². The molecular formula is C15H24N2O5. The lowest BCUT2D eigenvalue weighted by atomic mass is 9.83. The van der Waals surface area contributed by atoms with Crippen molar-refractivity contribution in [2.75, 3.05) is 0 Å². The van der Waals surface area contributed by atoms with Crippen molar-refractivity contribution in [3.05, 3.63) is 0 Å². The maximum atomic E-state index is 12.3. The minimum Gasteiger partial charge on any atom is -0.480 e. The molecule has 0 saturated heterocycles. The predicted molar refractivity (Wildman–Crippen MR) is 79.0 cm³/mol. The van der Waals surface area contributed by atoms with Crippen LogP contribution in [0.3, 0.4) is 0 Å². The summed E-state index contributed by atoms with van der Waals surface area (Å²) < 4.78 is 0. The molecule has 1 fully saturated rings. The van der Waals surface area contributed by atoms with Gasteiger partial charge in [-0.25, -0.2) is 4.79 Å². The van der Waals surface area contributed by atoms with Crippen LogP contribution in [0.2, 0.25) is 0 Å². The van der Waals surface area contributed by atoms with E-state index in [2.05, 4.69) is 10.6 Å². The van der Waals surface area contributed by atoms with Gasteiger partial charge in [-0.15, -0.1) is 0 Å². The largest absolute Gasteiger partial charge is 0.480 e. The number of aliphatic carboxylic acids is 1.